The second-order valence-electron chi connectivity index (χ2n) is 4.18. The molecule has 0 aliphatic heterocycles. The average Bonchev–Trinajstić information content (AvgIpc) is 2.41. The first kappa shape index (κ1) is 11.9. The molecule has 2 aromatic carbocycles. The maximum absolute atomic E-state index is 3.41. The summed E-state index contributed by atoms with van der Waals surface area (Å²) in [6, 6.07) is 19.5. The van der Waals surface area contributed by atoms with Crippen LogP contribution in [0.1, 0.15) is 29.7 Å². The van der Waals surface area contributed by atoms with Crippen LogP contribution in [0.25, 0.3) is 0 Å². The highest BCUT2D eigenvalue weighted by atomic mass is 14.9. The zero-order chi connectivity index (χ0) is 12.1. The van der Waals surface area contributed by atoms with Gasteiger partial charge in [0.2, 0.25) is 0 Å². The van der Waals surface area contributed by atoms with Crippen LogP contribution in [-0.4, -0.2) is 7.05 Å². The van der Waals surface area contributed by atoms with E-state index in [1.807, 2.05) is 7.05 Å². The number of hydrogen-bond donors (Lipinski definition) is 1. The predicted octanol–water partition coefficient (Wildman–Crippen LogP) is 3.56. The fourth-order valence-electron chi connectivity index (χ4n) is 2.29. The molecule has 1 heteroatoms. The molecule has 2 rings (SSSR count). The summed E-state index contributed by atoms with van der Waals surface area (Å²) in [7, 11) is 2.02. The Kier molecular flexibility index (Phi) is 3.94. The molecule has 2 aromatic rings. The predicted molar refractivity (Wildman–Crippen MR) is 73.2 cm³/mol. The van der Waals surface area contributed by atoms with Gasteiger partial charge in [0.15, 0.2) is 0 Å². The van der Waals surface area contributed by atoms with Gasteiger partial charge >= 0.3 is 0 Å². The largest absolute Gasteiger partial charge is 0.309 e. The Balaban J connectivity index is 2.42. The van der Waals surface area contributed by atoms with E-state index < -0.39 is 0 Å². The van der Waals surface area contributed by atoms with E-state index in [2.05, 4.69) is 66.8 Å². The van der Waals surface area contributed by atoms with Gasteiger partial charge in [0.05, 0.1) is 6.04 Å². The summed E-state index contributed by atoms with van der Waals surface area (Å²) in [5.41, 5.74) is 4.11. The summed E-state index contributed by atoms with van der Waals surface area (Å²) in [6.45, 7) is 2.20. The molecular formula is C16H19N. The molecule has 0 spiro atoms. The number of rotatable bonds is 4. The van der Waals surface area contributed by atoms with Gasteiger partial charge < -0.3 is 5.32 Å². The van der Waals surface area contributed by atoms with Gasteiger partial charge in [-0.3, -0.25) is 0 Å². The van der Waals surface area contributed by atoms with E-state index in [4.69, 9.17) is 0 Å². The molecule has 1 atom stereocenters. The molecule has 0 amide bonds. The van der Waals surface area contributed by atoms with Crippen LogP contribution in [0.15, 0.2) is 54.6 Å². The Morgan fingerprint density at radius 1 is 0.941 bits per heavy atom. The van der Waals surface area contributed by atoms with Crippen LogP contribution in [0.3, 0.4) is 0 Å². The number of hydrogen-bond acceptors (Lipinski definition) is 1. The summed E-state index contributed by atoms with van der Waals surface area (Å²) in [5.74, 6) is 0. The molecular weight excluding hydrogens is 206 g/mol. The second kappa shape index (κ2) is 5.65. The van der Waals surface area contributed by atoms with Gasteiger partial charge in [0.25, 0.3) is 0 Å². The maximum Gasteiger partial charge on any atom is 0.0576 e. The first-order valence-corrected chi connectivity index (χ1v) is 6.16. The normalized spacial score (nSPS) is 12.4. The topological polar surface area (TPSA) is 12.0 Å². The Morgan fingerprint density at radius 2 is 1.59 bits per heavy atom. The third kappa shape index (κ3) is 2.56. The Hall–Kier alpha value is -1.60. The van der Waals surface area contributed by atoms with Crippen LogP contribution in [0, 0.1) is 0 Å². The van der Waals surface area contributed by atoms with Crippen molar-refractivity contribution in [1.82, 2.24) is 5.32 Å². The number of aryl methyl sites for hydroxylation is 1. The van der Waals surface area contributed by atoms with Crippen molar-refractivity contribution in [2.45, 2.75) is 19.4 Å². The summed E-state index contributed by atoms with van der Waals surface area (Å²) in [6.07, 6.45) is 1.07. The Morgan fingerprint density at radius 3 is 2.24 bits per heavy atom. The summed E-state index contributed by atoms with van der Waals surface area (Å²) in [4.78, 5) is 0. The minimum atomic E-state index is 0.285. The monoisotopic (exact) mass is 225 g/mol. The molecule has 1 unspecified atom stereocenters. The van der Waals surface area contributed by atoms with Crippen LogP contribution < -0.4 is 5.32 Å². The lowest BCUT2D eigenvalue weighted by molar-refractivity contribution is 0.684. The number of benzene rings is 2. The van der Waals surface area contributed by atoms with Crippen LogP contribution in [-0.2, 0) is 6.42 Å². The Bertz CT molecular complexity index is 462. The summed E-state index contributed by atoms with van der Waals surface area (Å²) >= 11 is 0. The van der Waals surface area contributed by atoms with E-state index in [1.165, 1.54) is 16.7 Å². The van der Waals surface area contributed by atoms with E-state index in [9.17, 15) is 0 Å². The molecule has 0 heterocycles. The molecule has 0 saturated heterocycles. The van der Waals surface area contributed by atoms with Crippen molar-refractivity contribution in [2.24, 2.45) is 0 Å². The highest BCUT2D eigenvalue weighted by Crippen LogP contribution is 2.24. The molecule has 0 aromatic heterocycles. The lowest BCUT2D eigenvalue weighted by atomic mass is 9.93. The van der Waals surface area contributed by atoms with E-state index in [-0.39, 0.29) is 6.04 Å². The molecule has 0 fully saturated rings. The van der Waals surface area contributed by atoms with Gasteiger partial charge in [-0.1, -0.05) is 61.5 Å². The molecule has 17 heavy (non-hydrogen) atoms. The first-order chi connectivity index (χ1) is 8.36. The van der Waals surface area contributed by atoms with Gasteiger partial charge in [-0.15, -0.1) is 0 Å². The van der Waals surface area contributed by atoms with Crippen molar-refractivity contribution >= 4 is 0 Å². The van der Waals surface area contributed by atoms with E-state index in [1.54, 1.807) is 0 Å². The third-order valence-corrected chi connectivity index (χ3v) is 3.17. The van der Waals surface area contributed by atoms with Crippen molar-refractivity contribution in [2.75, 3.05) is 7.05 Å². The quantitative estimate of drug-likeness (QED) is 0.839. The molecule has 0 bridgehead atoms. The standard InChI is InChI=1S/C16H19N/c1-3-13-9-7-8-12-15(13)16(17-2)14-10-5-4-6-11-14/h4-12,16-17H,3H2,1-2H3. The summed E-state index contributed by atoms with van der Waals surface area (Å²) in [5, 5.41) is 3.41. The van der Waals surface area contributed by atoms with Crippen molar-refractivity contribution in [3.05, 3.63) is 71.3 Å². The van der Waals surface area contributed by atoms with Gasteiger partial charge in [-0.05, 0) is 30.2 Å². The second-order valence-corrected chi connectivity index (χ2v) is 4.18. The smallest absolute Gasteiger partial charge is 0.0576 e. The Labute approximate surface area is 103 Å². The molecule has 0 radical (unpaired) electrons. The minimum absolute atomic E-state index is 0.285. The molecule has 1 N–H and O–H groups in total. The fourth-order valence-corrected chi connectivity index (χ4v) is 2.29. The third-order valence-electron chi connectivity index (χ3n) is 3.17. The molecule has 1 nitrogen and oxygen atoms in total. The van der Waals surface area contributed by atoms with Crippen molar-refractivity contribution < 1.29 is 0 Å². The lowest BCUT2D eigenvalue weighted by Crippen LogP contribution is -2.19. The van der Waals surface area contributed by atoms with Crippen LogP contribution >= 0.6 is 0 Å². The zero-order valence-electron chi connectivity index (χ0n) is 10.5. The average molecular weight is 225 g/mol. The molecule has 0 aliphatic rings. The van der Waals surface area contributed by atoms with Crippen molar-refractivity contribution in [1.29, 1.82) is 0 Å². The van der Waals surface area contributed by atoms with Crippen molar-refractivity contribution in [3.8, 4) is 0 Å². The van der Waals surface area contributed by atoms with Gasteiger partial charge in [0, 0.05) is 0 Å². The van der Waals surface area contributed by atoms with Gasteiger partial charge in [0.1, 0.15) is 0 Å². The van der Waals surface area contributed by atoms with Crippen molar-refractivity contribution in [3.63, 3.8) is 0 Å². The molecule has 0 aliphatic carbocycles. The van der Waals surface area contributed by atoms with E-state index in [0.717, 1.165) is 6.42 Å². The molecule has 88 valence electrons. The highest BCUT2D eigenvalue weighted by molar-refractivity contribution is 5.37. The highest BCUT2D eigenvalue weighted by Gasteiger charge is 2.13. The zero-order valence-corrected chi connectivity index (χ0v) is 10.5. The van der Waals surface area contributed by atoms with E-state index >= 15 is 0 Å². The fraction of sp³-hybridized carbons (Fsp3) is 0.250. The minimum Gasteiger partial charge on any atom is -0.309 e. The summed E-state index contributed by atoms with van der Waals surface area (Å²) < 4.78 is 0. The van der Waals surface area contributed by atoms with Crippen LogP contribution in [0.2, 0.25) is 0 Å². The van der Waals surface area contributed by atoms with Gasteiger partial charge in [-0.25, -0.2) is 0 Å². The van der Waals surface area contributed by atoms with E-state index in [0.29, 0.717) is 0 Å². The van der Waals surface area contributed by atoms with Crippen LogP contribution in [0.4, 0.5) is 0 Å². The maximum atomic E-state index is 3.41. The molecule has 0 saturated carbocycles. The van der Waals surface area contributed by atoms with Gasteiger partial charge in [-0.2, -0.15) is 0 Å². The first-order valence-electron chi connectivity index (χ1n) is 6.16. The SMILES string of the molecule is CCc1ccccc1C(NC)c1ccccc1. The lowest BCUT2D eigenvalue weighted by Gasteiger charge is -2.20. The number of nitrogens with one attached hydrogen (secondary N) is 1. The van der Waals surface area contributed by atoms with Crippen LogP contribution in [0.5, 0.6) is 0 Å².